The van der Waals surface area contributed by atoms with Crippen LogP contribution in [0.2, 0.25) is 0 Å². The minimum Gasteiger partial charge on any atom is -0.497 e. The zero-order chi connectivity index (χ0) is 19.5. The van der Waals surface area contributed by atoms with E-state index in [0.717, 1.165) is 10.1 Å². The van der Waals surface area contributed by atoms with E-state index in [2.05, 4.69) is 9.98 Å². The summed E-state index contributed by atoms with van der Waals surface area (Å²) in [7, 11) is 3.10. The highest BCUT2D eigenvalue weighted by atomic mass is 16.5. The number of hydrogen-bond acceptors (Lipinski definition) is 6. The van der Waals surface area contributed by atoms with Crippen LogP contribution >= 0.6 is 0 Å². The number of rotatable bonds is 5. The van der Waals surface area contributed by atoms with Crippen LogP contribution in [0.4, 0.5) is 0 Å². The quantitative estimate of drug-likeness (QED) is 0.788. The summed E-state index contributed by atoms with van der Waals surface area (Å²) in [6.07, 6.45) is 1.25. The minimum atomic E-state index is -0.700. The fraction of sp³-hybridized carbons (Fsp3) is 0.389. The van der Waals surface area contributed by atoms with Gasteiger partial charge >= 0.3 is 5.69 Å². The third-order valence-electron chi connectivity index (χ3n) is 3.70. The van der Waals surface area contributed by atoms with E-state index in [0.29, 0.717) is 11.5 Å². The molecule has 8 nitrogen and oxygen atoms in total. The molecule has 0 saturated heterocycles. The molecule has 0 saturated carbocycles. The van der Waals surface area contributed by atoms with Crippen LogP contribution in [0.5, 0.6) is 17.4 Å². The molecule has 26 heavy (non-hydrogen) atoms. The Hall–Kier alpha value is -3.03. The van der Waals surface area contributed by atoms with E-state index < -0.39 is 22.7 Å². The number of H-pyrrole nitrogens is 1. The Morgan fingerprint density at radius 1 is 1.15 bits per heavy atom. The molecule has 0 radical (unpaired) electrons. The lowest BCUT2D eigenvalue weighted by Gasteiger charge is -2.23. The first-order chi connectivity index (χ1) is 12.2. The van der Waals surface area contributed by atoms with Crippen LogP contribution in [-0.4, -0.2) is 35.1 Å². The van der Waals surface area contributed by atoms with Gasteiger partial charge in [-0.3, -0.25) is 19.3 Å². The van der Waals surface area contributed by atoms with E-state index in [4.69, 9.17) is 9.47 Å². The van der Waals surface area contributed by atoms with Crippen molar-refractivity contribution < 1.29 is 14.6 Å². The van der Waals surface area contributed by atoms with Gasteiger partial charge in [0.1, 0.15) is 17.1 Å². The highest BCUT2D eigenvalue weighted by Gasteiger charge is 2.22. The van der Waals surface area contributed by atoms with Crippen LogP contribution < -0.4 is 20.7 Å². The highest BCUT2D eigenvalue weighted by Crippen LogP contribution is 2.23. The van der Waals surface area contributed by atoms with Crippen molar-refractivity contribution in [3.05, 3.63) is 50.2 Å². The Balaban J connectivity index is 2.38. The first kappa shape index (κ1) is 19.3. The van der Waals surface area contributed by atoms with E-state index in [-0.39, 0.29) is 12.1 Å². The fourth-order valence-corrected chi connectivity index (χ4v) is 2.48. The number of aromatic amines is 1. The molecule has 140 valence electrons. The van der Waals surface area contributed by atoms with Crippen LogP contribution in [-0.2, 0) is 12.1 Å². The molecule has 2 rings (SSSR count). The number of hydrogen-bond donors (Lipinski definition) is 2. The topological polar surface area (TPSA) is 106 Å². The summed E-state index contributed by atoms with van der Waals surface area (Å²) < 4.78 is 11.5. The lowest BCUT2D eigenvalue weighted by molar-refractivity contribution is 0.305. The summed E-state index contributed by atoms with van der Waals surface area (Å²) in [4.78, 5) is 30.4. The van der Waals surface area contributed by atoms with Crippen LogP contribution in [0, 0.1) is 0 Å². The third kappa shape index (κ3) is 4.14. The van der Waals surface area contributed by atoms with Gasteiger partial charge in [0.2, 0.25) is 5.88 Å². The van der Waals surface area contributed by atoms with Crippen molar-refractivity contribution in [1.82, 2.24) is 9.55 Å². The van der Waals surface area contributed by atoms with Crippen molar-refractivity contribution in [2.24, 2.45) is 4.99 Å². The summed E-state index contributed by atoms with van der Waals surface area (Å²) in [6, 6.07) is 5.32. The van der Waals surface area contributed by atoms with Crippen molar-refractivity contribution >= 4 is 6.21 Å². The number of aromatic hydroxyl groups is 1. The van der Waals surface area contributed by atoms with Crippen LogP contribution in [0.1, 0.15) is 31.9 Å². The Labute approximate surface area is 150 Å². The number of ether oxygens (including phenoxy) is 2. The van der Waals surface area contributed by atoms with E-state index in [1.165, 1.54) is 6.21 Å². The maximum atomic E-state index is 12.0. The number of nitrogens with one attached hydrogen (secondary N) is 1. The normalized spacial score (nSPS) is 11.7. The maximum Gasteiger partial charge on any atom is 0.331 e. The molecule has 0 bridgehead atoms. The zero-order valence-electron chi connectivity index (χ0n) is 15.5. The van der Waals surface area contributed by atoms with Gasteiger partial charge in [-0.15, -0.1) is 0 Å². The molecule has 0 aliphatic carbocycles. The molecule has 8 heteroatoms. The number of aromatic nitrogens is 2. The van der Waals surface area contributed by atoms with Gasteiger partial charge < -0.3 is 14.6 Å². The fourth-order valence-electron chi connectivity index (χ4n) is 2.48. The van der Waals surface area contributed by atoms with Gasteiger partial charge in [0.15, 0.2) is 0 Å². The van der Waals surface area contributed by atoms with Crippen molar-refractivity contribution in [3.63, 3.8) is 0 Å². The number of aliphatic imine (C=N–C) groups is 1. The van der Waals surface area contributed by atoms with Gasteiger partial charge in [-0.25, -0.2) is 4.79 Å². The molecule has 1 aromatic heterocycles. The van der Waals surface area contributed by atoms with Crippen LogP contribution in [0.3, 0.4) is 0 Å². The third-order valence-corrected chi connectivity index (χ3v) is 3.70. The molecule has 1 aromatic carbocycles. The van der Waals surface area contributed by atoms with Crippen LogP contribution in [0.25, 0.3) is 0 Å². The van der Waals surface area contributed by atoms with Crippen LogP contribution in [0.15, 0.2) is 32.8 Å². The molecule has 0 spiro atoms. The summed E-state index contributed by atoms with van der Waals surface area (Å²) in [5.41, 5.74) is -1.34. The molecule has 0 amide bonds. The predicted octanol–water partition coefficient (Wildman–Crippen LogP) is 1.63. The molecule has 0 aliphatic heterocycles. The highest BCUT2D eigenvalue weighted by molar-refractivity contribution is 5.81. The number of nitrogens with zero attached hydrogens (tertiary/aromatic N) is 2. The Morgan fingerprint density at radius 2 is 1.73 bits per heavy atom. The lowest BCUT2D eigenvalue weighted by Crippen LogP contribution is -2.40. The number of methoxy groups -OCH3 is 2. The smallest absolute Gasteiger partial charge is 0.331 e. The van der Waals surface area contributed by atoms with Gasteiger partial charge in [-0.05, 0) is 38.5 Å². The van der Waals surface area contributed by atoms with Crippen molar-refractivity contribution in [1.29, 1.82) is 0 Å². The summed E-state index contributed by atoms with van der Waals surface area (Å²) in [5, 5.41) is 10.4. The number of benzene rings is 1. The molecule has 0 unspecified atom stereocenters. The zero-order valence-corrected chi connectivity index (χ0v) is 15.5. The first-order valence-electron chi connectivity index (χ1n) is 7.98. The summed E-state index contributed by atoms with van der Waals surface area (Å²) in [6.45, 7) is 5.47. The first-order valence-corrected chi connectivity index (χ1v) is 7.98. The molecule has 2 N–H and O–H groups in total. The average Bonchev–Trinajstić information content (AvgIpc) is 2.55. The SMILES string of the molecule is COc1cc(CN=Cc2c(O)n(C(C)(C)C)c(=O)[nH]c2=O)cc(OC)c1. The van der Waals surface area contributed by atoms with E-state index in [1.807, 2.05) is 0 Å². The predicted molar refractivity (Wildman–Crippen MR) is 98.8 cm³/mol. The molecular weight excluding hydrogens is 338 g/mol. The van der Waals surface area contributed by atoms with Crippen molar-refractivity contribution in [3.8, 4) is 17.4 Å². The monoisotopic (exact) mass is 361 g/mol. The standard InChI is InChI=1S/C18H23N3O5/c1-18(2,3)21-16(23)14(15(22)20-17(21)24)10-19-9-11-6-12(25-4)8-13(7-11)26-5/h6-8,10,23H,9H2,1-5H3,(H,20,22,24). The lowest BCUT2D eigenvalue weighted by atomic mass is 10.1. The maximum absolute atomic E-state index is 12.0. The molecular formula is C18H23N3O5. The molecule has 0 aliphatic rings. The van der Waals surface area contributed by atoms with Gasteiger partial charge in [-0.1, -0.05) is 0 Å². The van der Waals surface area contributed by atoms with Gasteiger partial charge in [0, 0.05) is 17.8 Å². The summed E-state index contributed by atoms with van der Waals surface area (Å²) >= 11 is 0. The second-order valence-electron chi connectivity index (χ2n) is 6.69. The second-order valence-corrected chi connectivity index (χ2v) is 6.69. The minimum absolute atomic E-state index is 0.0746. The average molecular weight is 361 g/mol. The molecule has 0 fully saturated rings. The molecule has 0 atom stereocenters. The van der Waals surface area contributed by atoms with Crippen molar-refractivity contribution in [2.45, 2.75) is 32.9 Å². The Morgan fingerprint density at radius 3 is 2.23 bits per heavy atom. The van der Waals surface area contributed by atoms with E-state index in [1.54, 1.807) is 53.2 Å². The molecule has 1 heterocycles. The Kier molecular flexibility index (Phi) is 5.54. The largest absolute Gasteiger partial charge is 0.497 e. The van der Waals surface area contributed by atoms with E-state index >= 15 is 0 Å². The summed E-state index contributed by atoms with van der Waals surface area (Å²) in [5.74, 6) is 0.825. The van der Waals surface area contributed by atoms with Gasteiger partial charge in [-0.2, -0.15) is 0 Å². The van der Waals surface area contributed by atoms with Gasteiger partial charge in [0.25, 0.3) is 5.56 Å². The van der Waals surface area contributed by atoms with E-state index in [9.17, 15) is 14.7 Å². The Bertz CT molecular complexity index is 913. The molecule has 2 aromatic rings. The van der Waals surface area contributed by atoms with Gasteiger partial charge in [0.05, 0.1) is 20.8 Å². The van der Waals surface area contributed by atoms with Crippen molar-refractivity contribution in [2.75, 3.05) is 14.2 Å². The second kappa shape index (κ2) is 7.47.